The van der Waals surface area contributed by atoms with E-state index in [1.165, 1.54) is 11.9 Å². The minimum absolute atomic E-state index is 0.302. The van der Waals surface area contributed by atoms with Gasteiger partial charge >= 0.3 is 0 Å². The molecular weight excluding hydrogens is 238 g/mol. The number of hydrogen-bond acceptors (Lipinski definition) is 4. The van der Waals surface area contributed by atoms with E-state index in [0.29, 0.717) is 11.8 Å². The second-order valence-electron chi connectivity index (χ2n) is 4.92. The van der Waals surface area contributed by atoms with Crippen molar-refractivity contribution in [1.82, 2.24) is 15.3 Å². The van der Waals surface area contributed by atoms with Crippen molar-refractivity contribution in [3.8, 4) is 5.75 Å². The Labute approximate surface area is 112 Å². The Kier molecular flexibility index (Phi) is 3.42. The number of rotatable bonds is 3. The van der Waals surface area contributed by atoms with Crippen LogP contribution in [0.2, 0.25) is 0 Å². The van der Waals surface area contributed by atoms with Gasteiger partial charge in [0.1, 0.15) is 12.1 Å². The van der Waals surface area contributed by atoms with Crippen molar-refractivity contribution in [2.24, 2.45) is 0 Å². The van der Waals surface area contributed by atoms with E-state index in [4.69, 9.17) is 0 Å². The van der Waals surface area contributed by atoms with Crippen molar-refractivity contribution >= 4 is 0 Å². The molecule has 0 aliphatic heterocycles. The molecule has 1 aliphatic carbocycles. The summed E-state index contributed by atoms with van der Waals surface area (Å²) in [5, 5.41) is 13.4. The zero-order valence-corrected chi connectivity index (χ0v) is 10.7. The molecule has 19 heavy (non-hydrogen) atoms. The van der Waals surface area contributed by atoms with E-state index in [0.717, 1.165) is 36.9 Å². The summed E-state index contributed by atoms with van der Waals surface area (Å²) in [7, 11) is 0. The van der Waals surface area contributed by atoms with Gasteiger partial charge in [-0.05, 0) is 36.5 Å². The van der Waals surface area contributed by atoms with Crippen LogP contribution in [0.4, 0.5) is 0 Å². The molecule has 98 valence electrons. The summed E-state index contributed by atoms with van der Waals surface area (Å²) in [5.41, 5.74) is 3.40. The number of aromatic hydroxyl groups is 1. The third-order valence-electron chi connectivity index (χ3n) is 3.65. The number of benzene rings is 1. The molecule has 1 atom stereocenters. The summed E-state index contributed by atoms with van der Waals surface area (Å²) < 4.78 is 0. The van der Waals surface area contributed by atoms with Gasteiger partial charge in [0.15, 0.2) is 0 Å². The summed E-state index contributed by atoms with van der Waals surface area (Å²) >= 11 is 0. The predicted octanol–water partition coefficient (Wildman–Crippen LogP) is 2.35. The van der Waals surface area contributed by atoms with Crippen LogP contribution in [0.1, 0.15) is 35.6 Å². The van der Waals surface area contributed by atoms with Gasteiger partial charge in [0.05, 0.1) is 0 Å². The molecule has 1 aromatic carbocycles. The third kappa shape index (κ3) is 2.58. The molecule has 0 fully saturated rings. The van der Waals surface area contributed by atoms with E-state index in [-0.39, 0.29) is 0 Å². The Bertz CT molecular complexity index is 557. The molecule has 4 nitrogen and oxygen atoms in total. The van der Waals surface area contributed by atoms with Crippen LogP contribution < -0.4 is 5.32 Å². The van der Waals surface area contributed by atoms with Gasteiger partial charge in [-0.25, -0.2) is 9.97 Å². The lowest BCUT2D eigenvalue weighted by molar-refractivity contribution is 0.429. The van der Waals surface area contributed by atoms with E-state index in [1.54, 1.807) is 6.07 Å². The molecule has 1 heterocycles. The van der Waals surface area contributed by atoms with Crippen molar-refractivity contribution in [3.63, 3.8) is 0 Å². The summed E-state index contributed by atoms with van der Waals surface area (Å²) in [6.45, 7) is 0.751. The van der Waals surface area contributed by atoms with Crippen LogP contribution in [-0.2, 0) is 13.0 Å². The molecule has 0 bridgehead atoms. The van der Waals surface area contributed by atoms with Crippen LogP contribution in [0, 0.1) is 0 Å². The van der Waals surface area contributed by atoms with Gasteiger partial charge in [0.25, 0.3) is 0 Å². The van der Waals surface area contributed by atoms with Gasteiger partial charge in [0.2, 0.25) is 0 Å². The molecule has 0 radical (unpaired) electrons. The summed E-state index contributed by atoms with van der Waals surface area (Å²) in [5.74, 6) is 0.423. The van der Waals surface area contributed by atoms with Crippen molar-refractivity contribution in [3.05, 3.63) is 53.6 Å². The summed E-state index contributed by atoms with van der Waals surface area (Å²) in [4.78, 5) is 8.03. The quantitative estimate of drug-likeness (QED) is 0.884. The second kappa shape index (κ2) is 5.36. The minimum Gasteiger partial charge on any atom is -0.508 e. The zero-order valence-electron chi connectivity index (χ0n) is 10.7. The molecule has 1 aliphatic rings. The van der Waals surface area contributed by atoms with Crippen LogP contribution in [0.5, 0.6) is 5.75 Å². The fraction of sp³-hybridized carbons (Fsp3) is 0.333. The average Bonchev–Trinajstić information content (AvgIpc) is 2.47. The van der Waals surface area contributed by atoms with Gasteiger partial charge in [-0.3, -0.25) is 0 Å². The number of phenolic OH excluding ortho intramolecular Hbond substituents is 1. The van der Waals surface area contributed by atoms with Gasteiger partial charge in [-0.15, -0.1) is 0 Å². The summed E-state index contributed by atoms with van der Waals surface area (Å²) in [6, 6.07) is 6.09. The maximum Gasteiger partial charge on any atom is 0.119 e. The summed E-state index contributed by atoms with van der Waals surface area (Å²) in [6.07, 6.45) is 8.36. The fourth-order valence-corrected chi connectivity index (χ4v) is 2.70. The number of hydrogen-bond donors (Lipinski definition) is 2. The molecule has 0 spiro atoms. The Balaban J connectivity index is 1.75. The SMILES string of the molecule is Oc1cccc2c1CCCC2NCc1cncnc1. The van der Waals surface area contributed by atoms with Gasteiger partial charge in [-0.1, -0.05) is 12.1 Å². The van der Waals surface area contributed by atoms with Crippen LogP contribution >= 0.6 is 0 Å². The number of fused-ring (bicyclic) bond motifs is 1. The molecule has 0 saturated carbocycles. The molecule has 0 amide bonds. The van der Waals surface area contributed by atoms with E-state index in [1.807, 2.05) is 18.5 Å². The lowest BCUT2D eigenvalue weighted by Gasteiger charge is -2.27. The molecule has 2 N–H and O–H groups in total. The molecule has 4 heteroatoms. The first-order chi connectivity index (χ1) is 9.34. The monoisotopic (exact) mass is 255 g/mol. The Morgan fingerprint density at radius 1 is 1.26 bits per heavy atom. The second-order valence-corrected chi connectivity index (χ2v) is 4.92. The zero-order chi connectivity index (χ0) is 13.1. The Hall–Kier alpha value is -1.94. The van der Waals surface area contributed by atoms with Crippen molar-refractivity contribution < 1.29 is 5.11 Å². The van der Waals surface area contributed by atoms with Crippen molar-refractivity contribution in [2.45, 2.75) is 31.8 Å². The predicted molar refractivity (Wildman–Crippen MR) is 72.7 cm³/mol. The van der Waals surface area contributed by atoms with Gasteiger partial charge < -0.3 is 10.4 Å². The highest BCUT2D eigenvalue weighted by Crippen LogP contribution is 2.34. The normalized spacial score (nSPS) is 18.0. The molecule has 2 aromatic rings. The topological polar surface area (TPSA) is 58.0 Å². The molecule has 3 rings (SSSR count). The van der Waals surface area contributed by atoms with Crippen LogP contribution in [0.15, 0.2) is 36.9 Å². The number of nitrogens with zero attached hydrogens (tertiary/aromatic N) is 2. The van der Waals surface area contributed by atoms with Gasteiger partial charge in [0, 0.05) is 30.5 Å². The highest BCUT2D eigenvalue weighted by molar-refractivity contribution is 5.42. The number of nitrogens with one attached hydrogen (secondary N) is 1. The molecular formula is C15H17N3O. The molecule has 1 unspecified atom stereocenters. The smallest absolute Gasteiger partial charge is 0.119 e. The van der Waals surface area contributed by atoms with E-state index in [2.05, 4.69) is 21.4 Å². The third-order valence-corrected chi connectivity index (χ3v) is 3.65. The average molecular weight is 255 g/mol. The highest BCUT2D eigenvalue weighted by atomic mass is 16.3. The van der Waals surface area contributed by atoms with Crippen molar-refractivity contribution in [1.29, 1.82) is 0 Å². The minimum atomic E-state index is 0.302. The van der Waals surface area contributed by atoms with Crippen molar-refractivity contribution in [2.75, 3.05) is 0 Å². The Morgan fingerprint density at radius 3 is 2.95 bits per heavy atom. The molecule has 0 saturated heterocycles. The van der Waals surface area contributed by atoms with Crippen LogP contribution in [0.25, 0.3) is 0 Å². The van der Waals surface area contributed by atoms with E-state index in [9.17, 15) is 5.11 Å². The number of aromatic nitrogens is 2. The highest BCUT2D eigenvalue weighted by Gasteiger charge is 2.21. The number of phenols is 1. The van der Waals surface area contributed by atoms with E-state index < -0.39 is 0 Å². The first-order valence-electron chi connectivity index (χ1n) is 6.62. The van der Waals surface area contributed by atoms with Crippen LogP contribution in [-0.4, -0.2) is 15.1 Å². The first kappa shape index (κ1) is 12.1. The first-order valence-corrected chi connectivity index (χ1v) is 6.62. The maximum atomic E-state index is 9.91. The Morgan fingerprint density at radius 2 is 2.11 bits per heavy atom. The standard InChI is InChI=1S/C15H17N3O/c19-15-6-2-3-12-13(15)4-1-5-14(12)18-9-11-7-16-10-17-8-11/h2-3,6-8,10,14,18-19H,1,4-5,9H2. The molecule has 1 aromatic heterocycles. The lowest BCUT2D eigenvalue weighted by Crippen LogP contribution is -2.25. The van der Waals surface area contributed by atoms with Crippen LogP contribution in [0.3, 0.4) is 0 Å². The fourth-order valence-electron chi connectivity index (χ4n) is 2.70. The largest absolute Gasteiger partial charge is 0.508 e. The van der Waals surface area contributed by atoms with E-state index >= 15 is 0 Å². The lowest BCUT2D eigenvalue weighted by atomic mass is 9.87. The maximum absolute atomic E-state index is 9.91. The van der Waals surface area contributed by atoms with Gasteiger partial charge in [-0.2, -0.15) is 0 Å².